The second-order valence-corrected chi connectivity index (χ2v) is 4.24. The van der Waals surface area contributed by atoms with Crippen LogP contribution in [-0.4, -0.2) is 5.71 Å². The van der Waals surface area contributed by atoms with Crippen molar-refractivity contribution in [1.29, 1.82) is 10.5 Å². The van der Waals surface area contributed by atoms with Crippen molar-refractivity contribution in [2.24, 2.45) is 5.10 Å². The summed E-state index contributed by atoms with van der Waals surface area (Å²) in [5, 5.41) is 20.0. The summed E-state index contributed by atoms with van der Waals surface area (Å²) in [5.41, 5.74) is 1.05. The third-order valence-corrected chi connectivity index (χ3v) is 2.64. The first-order valence-corrected chi connectivity index (χ1v) is 5.71. The van der Waals surface area contributed by atoms with Crippen LogP contribution in [0.3, 0.4) is 0 Å². The Bertz CT molecular complexity index is 603. The van der Waals surface area contributed by atoms with Crippen LogP contribution in [0.25, 0.3) is 0 Å². The summed E-state index contributed by atoms with van der Waals surface area (Å²) in [6.45, 7) is 0. The van der Waals surface area contributed by atoms with Gasteiger partial charge in [0.2, 0.25) is 0 Å². The molecule has 4 nitrogen and oxygen atoms in total. The van der Waals surface area contributed by atoms with Gasteiger partial charge in [0.05, 0.1) is 33.8 Å². The molecule has 0 aliphatic heterocycles. The van der Waals surface area contributed by atoms with Crippen LogP contribution < -0.4 is 5.43 Å². The molecule has 1 N–H and O–H groups in total. The molecule has 0 fully saturated rings. The zero-order valence-electron chi connectivity index (χ0n) is 9.59. The quantitative estimate of drug-likeness (QED) is 0.669. The van der Waals surface area contributed by atoms with Crippen molar-refractivity contribution in [1.82, 2.24) is 0 Å². The standard InChI is InChI=1S/C11H5Cl2F3N4/c12-8-3-6(11(14,15)16)4-9(13)10(8)20-19-7(5-18)1-2-17/h3-4,20H,1H2/b19-7+. The summed E-state index contributed by atoms with van der Waals surface area (Å²) in [6.07, 6.45) is -4.83. The fourth-order valence-electron chi connectivity index (χ4n) is 1.15. The molecule has 0 atom stereocenters. The van der Waals surface area contributed by atoms with Crippen molar-refractivity contribution in [3.05, 3.63) is 27.7 Å². The lowest BCUT2D eigenvalue weighted by atomic mass is 10.2. The van der Waals surface area contributed by atoms with Gasteiger partial charge in [-0.15, -0.1) is 0 Å². The van der Waals surface area contributed by atoms with Gasteiger partial charge in [-0.1, -0.05) is 23.2 Å². The molecule has 0 amide bonds. The Balaban J connectivity index is 3.11. The molecule has 0 unspecified atom stereocenters. The van der Waals surface area contributed by atoms with Crippen molar-refractivity contribution in [2.45, 2.75) is 12.6 Å². The highest BCUT2D eigenvalue weighted by Gasteiger charge is 2.32. The molecule has 0 saturated carbocycles. The maximum Gasteiger partial charge on any atom is 0.416 e. The van der Waals surface area contributed by atoms with E-state index in [1.807, 2.05) is 0 Å². The fraction of sp³-hybridized carbons (Fsp3) is 0.182. The zero-order valence-corrected chi connectivity index (χ0v) is 11.1. The molecule has 1 rings (SSSR count). The predicted octanol–water partition coefficient (Wildman–Crippen LogP) is 4.22. The Hall–Kier alpha value is -1.96. The normalized spacial score (nSPS) is 11.7. The minimum atomic E-state index is -4.58. The maximum absolute atomic E-state index is 12.5. The molecule has 20 heavy (non-hydrogen) atoms. The monoisotopic (exact) mass is 320 g/mol. The summed E-state index contributed by atoms with van der Waals surface area (Å²) in [7, 11) is 0. The first-order chi connectivity index (χ1) is 9.29. The van der Waals surface area contributed by atoms with Gasteiger partial charge in [0, 0.05) is 0 Å². The molecule has 1 aromatic rings. The molecular weight excluding hydrogens is 316 g/mol. The Labute approximate surface area is 122 Å². The number of hydrazone groups is 1. The van der Waals surface area contributed by atoms with E-state index in [-0.39, 0.29) is 27.9 Å². The van der Waals surface area contributed by atoms with Gasteiger partial charge in [0.25, 0.3) is 0 Å². The number of nitriles is 2. The topological polar surface area (TPSA) is 72.0 Å². The molecular formula is C11H5Cl2F3N4. The number of halogens is 5. The Morgan fingerprint density at radius 2 is 1.80 bits per heavy atom. The Morgan fingerprint density at radius 3 is 2.20 bits per heavy atom. The Kier molecular flexibility index (Phi) is 5.20. The minimum Gasteiger partial charge on any atom is -0.274 e. The van der Waals surface area contributed by atoms with Crippen molar-refractivity contribution in [2.75, 3.05) is 5.43 Å². The van der Waals surface area contributed by atoms with Crippen LogP contribution >= 0.6 is 23.2 Å². The fourth-order valence-corrected chi connectivity index (χ4v) is 1.72. The first-order valence-electron chi connectivity index (χ1n) is 4.95. The number of nitrogens with zero attached hydrogens (tertiary/aromatic N) is 3. The molecule has 0 radical (unpaired) electrons. The van der Waals surface area contributed by atoms with Crippen LogP contribution in [-0.2, 0) is 6.18 Å². The van der Waals surface area contributed by atoms with Crippen molar-refractivity contribution < 1.29 is 13.2 Å². The second-order valence-electron chi connectivity index (χ2n) is 3.43. The molecule has 0 heterocycles. The van der Waals surface area contributed by atoms with Crippen LogP contribution in [0.2, 0.25) is 10.0 Å². The summed E-state index contributed by atoms with van der Waals surface area (Å²) in [5.74, 6) is 0. The van der Waals surface area contributed by atoms with Crippen LogP contribution in [0, 0.1) is 22.7 Å². The molecule has 104 valence electrons. The summed E-state index contributed by atoms with van der Waals surface area (Å²) >= 11 is 11.4. The molecule has 0 spiro atoms. The van der Waals surface area contributed by atoms with Crippen molar-refractivity contribution >= 4 is 34.6 Å². The van der Waals surface area contributed by atoms with Crippen LogP contribution in [0.4, 0.5) is 18.9 Å². The Morgan fingerprint density at radius 1 is 1.25 bits per heavy atom. The first kappa shape index (κ1) is 16.1. The number of rotatable bonds is 3. The van der Waals surface area contributed by atoms with Crippen LogP contribution in [0.15, 0.2) is 17.2 Å². The van der Waals surface area contributed by atoms with E-state index in [0.29, 0.717) is 12.1 Å². The van der Waals surface area contributed by atoms with Gasteiger partial charge in [-0.3, -0.25) is 5.43 Å². The number of benzene rings is 1. The van der Waals surface area contributed by atoms with E-state index in [1.54, 1.807) is 12.1 Å². The van der Waals surface area contributed by atoms with Gasteiger partial charge in [-0.05, 0) is 12.1 Å². The average Bonchev–Trinajstić information content (AvgIpc) is 2.35. The highest BCUT2D eigenvalue weighted by atomic mass is 35.5. The van der Waals surface area contributed by atoms with Gasteiger partial charge in [0.1, 0.15) is 6.07 Å². The smallest absolute Gasteiger partial charge is 0.274 e. The van der Waals surface area contributed by atoms with Gasteiger partial charge >= 0.3 is 6.18 Å². The predicted molar refractivity (Wildman–Crippen MR) is 68.4 cm³/mol. The minimum absolute atomic E-state index is 0.0768. The van der Waals surface area contributed by atoms with Crippen molar-refractivity contribution in [3.63, 3.8) is 0 Å². The number of hydrogen-bond acceptors (Lipinski definition) is 4. The van der Waals surface area contributed by atoms with Gasteiger partial charge in [-0.2, -0.15) is 28.8 Å². The van der Waals surface area contributed by atoms with Gasteiger partial charge in [-0.25, -0.2) is 0 Å². The van der Waals surface area contributed by atoms with E-state index in [0.717, 1.165) is 0 Å². The van der Waals surface area contributed by atoms with E-state index in [2.05, 4.69) is 10.5 Å². The van der Waals surface area contributed by atoms with Crippen molar-refractivity contribution in [3.8, 4) is 12.1 Å². The van der Waals surface area contributed by atoms with E-state index in [9.17, 15) is 13.2 Å². The lowest BCUT2D eigenvalue weighted by Crippen LogP contribution is -2.06. The zero-order chi connectivity index (χ0) is 15.3. The largest absolute Gasteiger partial charge is 0.416 e. The lowest BCUT2D eigenvalue weighted by molar-refractivity contribution is -0.137. The summed E-state index contributed by atoms with van der Waals surface area (Å²) in [4.78, 5) is 0. The summed E-state index contributed by atoms with van der Waals surface area (Å²) in [6, 6.07) is 4.72. The molecule has 0 saturated heterocycles. The lowest BCUT2D eigenvalue weighted by Gasteiger charge is -2.11. The highest BCUT2D eigenvalue weighted by Crippen LogP contribution is 2.38. The molecule has 0 bridgehead atoms. The summed E-state index contributed by atoms with van der Waals surface area (Å²) < 4.78 is 37.5. The van der Waals surface area contributed by atoms with E-state index < -0.39 is 11.7 Å². The van der Waals surface area contributed by atoms with E-state index in [1.165, 1.54) is 0 Å². The number of nitrogens with one attached hydrogen (secondary N) is 1. The highest BCUT2D eigenvalue weighted by molar-refractivity contribution is 6.39. The number of alkyl halides is 3. The van der Waals surface area contributed by atoms with Gasteiger partial charge < -0.3 is 0 Å². The third-order valence-electron chi connectivity index (χ3n) is 2.05. The molecule has 9 heteroatoms. The third kappa shape index (κ3) is 4.02. The molecule has 0 aliphatic rings. The molecule has 1 aromatic carbocycles. The van der Waals surface area contributed by atoms with Crippen LogP contribution in [0.5, 0.6) is 0 Å². The van der Waals surface area contributed by atoms with E-state index in [4.69, 9.17) is 33.7 Å². The molecule has 0 aliphatic carbocycles. The average molecular weight is 321 g/mol. The van der Waals surface area contributed by atoms with Gasteiger partial charge in [0.15, 0.2) is 5.71 Å². The number of hydrogen-bond donors (Lipinski definition) is 1. The second kappa shape index (κ2) is 6.47. The SMILES string of the molecule is N#CC/C(C#N)=N\Nc1c(Cl)cc(C(F)(F)F)cc1Cl. The maximum atomic E-state index is 12.5. The van der Waals surface area contributed by atoms with E-state index >= 15 is 0 Å². The number of anilines is 1. The molecule has 0 aromatic heterocycles. The van der Waals surface area contributed by atoms with Crippen LogP contribution in [0.1, 0.15) is 12.0 Å².